The topological polar surface area (TPSA) is 3.24 Å². The summed E-state index contributed by atoms with van der Waals surface area (Å²) in [5, 5.41) is 0. The van der Waals surface area contributed by atoms with Gasteiger partial charge in [-0.3, -0.25) is 0 Å². The predicted molar refractivity (Wildman–Crippen MR) is 70.4 cm³/mol. The highest BCUT2D eigenvalue weighted by molar-refractivity contribution is 6.84. The summed E-state index contributed by atoms with van der Waals surface area (Å²) in [6.45, 7) is 15.1. The average molecular weight is 201 g/mol. The van der Waals surface area contributed by atoms with Crippen LogP contribution in [0.15, 0.2) is 23.2 Å². The molecule has 0 bridgehead atoms. The van der Waals surface area contributed by atoms with Crippen molar-refractivity contribution in [3.05, 3.63) is 23.2 Å². The minimum Gasteiger partial charge on any atom is -0.375 e. The molecule has 0 N–H and O–H groups in total. The molecule has 1 unspecified atom stereocenters. The number of hydrogen-bond donors (Lipinski definition) is 0. The summed E-state index contributed by atoms with van der Waals surface area (Å²) in [5.74, 6) is 0.666. The van der Waals surface area contributed by atoms with Gasteiger partial charge < -0.3 is 4.72 Å². The second-order valence-electron chi connectivity index (χ2n) is 6.08. The quantitative estimate of drug-likeness (QED) is 0.544. The van der Waals surface area contributed by atoms with Crippen molar-refractivity contribution >= 4 is 13.7 Å². The van der Waals surface area contributed by atoms with E-state index in [0.717, 1.165) is 0 Å². The Kier molecular flexibility index (Phi) is 2.42. The molecule has 3 heteroatoms. The number of nitrogens with zero attached hydrogens (tertiary/aromatic N) is 1. The van der Waals surface area contributed by atoms with Crippen LogP contribution in [0.1, 0.15) is 27.7 Å². The lowest BCUT2D eigenvalue weighted by molar-refractivity contribution is 0.369. The minimum absolute atomic E-state index is 0.270. The summed E-state index contributed by atoms with van der Waals surface area (Å²) >= 11 is 0. The first kappa shape index (κ1) is 11.1. The SMILES string of the molecule is CB1C2=CC(C)=CC2B(C)N1C(C)(C)C. The van der Waals surface area contributed by atoms with Crippen LogP contribution in [0.3, 0.4) is 0 Å². The van der Waals surface area contributed by atoms with Crippen molar-refractivity contribution in [2.24, 2.45) is 0 Å². The van der Waals surface area contributed by atoms with E-state index >= 15 is 0 Å². The minimum atomic E-state index is 0.270. The van der Waals surface area contributed by atoms with Crippen molar-refractivity contribution in [2.75, 3.05) is 0 Å². The van der Waals surface area contributed by atoms with Gasteiger partial charge in [0.2, 0.25) is 13.7 Å². The van der Waals surface area contributed by atoms with Crippen LogP contribution in [0, 0.1) is 0 Å². The summed E-state index contributed by atoms with van der Waals surface area (Å²) in [5.41, 5.74) is 3.34. The lowest BCUT2D eigenvalue weighted by atomic mass is 9.53. The monoisotopic (exact) mass is 201 g/mol. The number of allylic oxidation sites excluding steroid dienone is 4. The Morgan fingerprint density at radius 1 is 1.27 bits per heavy atom. The molecule has 0 aromatic carbocycles. The Labute approximate surface area is 94.8 Å². The smallest absolute Gasteiger partial charge is 0.239 e. The second-order valence-corrected chi connectivity index (χ2v) is 6.08. The Bertz CT molecular complexity index is 338. The Morgan fingerprint density at radius 2 is 1.87 bits per heavy atom. The zero-order valence-electron chi connectivity index (χ0n) is 10.8. The summed E-state index contributed by atoms with van der Waals surface area (Å²) < 4.78 is 2.65. The van der Waals surface area contributed by atoms with Crippen LogP contribution < -0.4 is 0 Å². The molecule has 2 rings (SSSR count). The van der Waals surface area contributed by atoms with Gasteiger partial charge in [-0.05, 0) is 39.1 Å². The first-order chi connectivity index (χ1) is 6.82. The number of hydrogen-bond acceptors (Lipinski definition) is 1. The molecule has 0 spiro atoms. The maximum absolute atomic E-state index is 2.65. The van der Waals surface area contributed by atoms with Gasteiger partial charge >= 0.3 is 0 Å². The Hall–Kier alpha value is -0.430. The van der Waals surface area contributed by atoms with E-state index < -0.39 is 0 Å². The highest BCUT2D eigenvalue weighted by atomic mass is 15.1. The van der Waals surface area contributed by atoms with Crippen LogP contribution in [0.2, 0.25) is 19.5 Å². The van der Waals surface area contributed by atoms with E-state index in [-0.39, 0.29) is 5.54 Å². The fraction of sp³-hybridized carbons (Fsp3) is 0.667. The van der Waals surface area contributed by atoms with Crippen LogP contribution >= 0.6 is 0 Å². The first-order valence-corrected chi connectivity index (χ1v) is 6.00. The molecule has 1 nitrogen and oxygen atoms in total. The van der Waals surface area contributed by atoms with Crippen molar-refractivity contribution in [1.29, 1.82) is 0 Å². The van der Waals surface area contributed by atoms with Crippen LogP contribution in [0.25, 0.3) is 0 Å². The molecular formula is C12H21B2N. The molecule has 1 aliphatic carbocycles. The van der Waals surface area contributed by atoms with E-state index in [9.17, 15) is 0 Å². The normalized spacial score (nSPS) is 26.9. The summed E-state index contributed by atoms with van der Waals surface area (Å²) in [7, 11) is 0. The van der Waals surface area contributed by atoms with Crippen LogP contribution in [0.4, 0.5) is 0 Å². The molecule has 1 heterocycles. The summed E-state index contributed by atoms with van der Waals surface area (Å²) in [6, 6.07) is 0. The van der Waals surface area contributed by atoms with Gasteiger partial charge in [-0.2, -0.15) is 0 Å². The van der Waals surface area contributed by atoms with Crippen LogP contribution in [-0.2, 0) is 0 Å². The third kappa shape index (κ3) is 1.61. The fourth-order valence-corrected chi connectivity index (χ4v) is 3.48. The van der Waals surface area contributed by atoms with Crippen molar-refractivity contribution in [3.8, 4) is 0 Å². The number of fused-ring (bicyclic) bond motifs is 1. The van der Waals surface area contributed by atoms with E-state index in [1.54, 1.807) is 5.47 Å². The van der Waals surface area contributed by atoms with Gasteiger partial charge in [0, 0.05) is 0 Å². The van der Waals surface area contributed by atoms with E-state index in [0.29, 0.717) is 19.5 Å². The van der Waals surface area contributed by atoms with E-state index in [4.69, 9.17) is 0 Å². The predicted octanol–water partition coefficient (Wildman–Crippen LogP) is 3.14. The van der Waals surface area contributed by atoms with E-state index in [2.05, 4.69) is 58.2 Å². The van der Waals surface area contributed by atoms with Crippen LogP contribution in [-0.4, -0.2) is 24.0 Å². The molecule has 80 valence electrons. The molecule has 1 atom stereocenters. The highest BCUT2D eigenvalue weighted by Crippen LogP contribution is 2.44. The molecule has 0 radical (unpaired) electrons. The third-order valence-electron chi connectivity index (χ3n) is 3.85. The molecule has 0 aromatic heterocycles. The standard InChI is InChI=1S/C12H21B2N/c1-9-7-10-11(8-9)14(6)15(13(10)5)12(2,3)4/h7-8,10H,1-6H3. The average Bonchev–Trinajstić information content (AvgIpc) is 2.52. The molecule has 1 fully saturated rings. The maximum atomic E-state index is 2.65. The first-order valence-electron chi connectivity index (χ1n) is 6.00. The molecule has 0 aromatic rings. The summed E-state index contributed by atoms with van der Waals surface area (Å²) in [4.78, 5) is 0. The Balaban J connectivity index is 2.33. The fourth-order valence-electron chi connectivity index (χ4n) is 3.48. The van der Waals surface area contributed by atoms with Crippen molar-refractivity contribution in [1.82, 2.24) is 4.72 Å². The van der Waals surface area contributed by atoms with Gasteiger partial charge in [0.15, 0.2) is 0 Å². The van der Waals surface area contributed by atoms with Gasteiger partial charge in [-0.25, -0.2) is 0 Å². The van der Waals surface area contributed by atoms with Crippen molar-refractivity contribution in [2.45, 2.75) is 52.7 Å². The Morgan fingerprint density at radius 3 is 2.33 bits per heavy atom. The number of rotatable bonds is 0. The maximum Gasteiger partial charge on any atom is 0.239 e. The van der Waals surface area contributed by atoms with Gasteiger partial charge in [-0.1, -0.05) is 36.8 Å². The zero-order valence-corrected chi connectivity index (χ0v) is 10.8. The van der Waals surface area contributed by atoms with Gasteiger partial charge in [0.1, 0.15) is 0 Å². The van der Waals surface area contributed by atoms with Gasteiger partial charge in [0.05, 0.1) is 0 Å². The lowest BCUT2D eigenvalue weighted by Crippen LogP contribution is -2.52. The van der Waals surface area contributed by atoms with E-state index in [1.807, 2.05) is 0 Å². The molecule has 15 heavy (non-hydrogen) atoms. The third-order valence-corrected chi connectivity index (χ3v) is 3.85. The van der Waals surface area contributed by atoms with E-state index in [1.165, 1.54) is 5.57 Å². The molecule has 0 saturated carbocycles. The van der Waals surface area contributed by atoms with Crippen LogP contribution in [0.5, 0.6) is 0 Å². The molecule has 1 aliphatic heterocycles. The molecule has 0 amide bonds. The highest BCUT2D eigenvalue weighted by Gasteiger charge is 2.48. The lowest BCUT2D eigenvalue weighted by Gasteiger charge is -2.38. The molecule has 2 aliphatic rings. The van der Waals surface area contributed by atoms with Crippen molar-refractivity contribution < 1.29 is 0 Å². The largest absolute Gasteiger partial charge is 0.375 e. The van der Waals surface area contributed by atoms with Crippen molar-refractivity contribution in [3.63, 3.8) is 0 Å². The summed E-state index contributed by atoms with van der Waals surface area (Å²) in [6.07, 6.45) is 4.82. The van der Waals surface area contributed by atoms with Gasteiger partial charge in [-0.15, -0.1) is 0 Å². The molecular weight excluding hydrogens is 180 g/mol. The zero-order chi connectivity index (χ0) is 11.4. The molecule has 1 saturated heterocycles. The second kappa shape index (κ2) is 3.28. The van der Waals surface area contributed by atoms with Gasteiger partial charge in [0.25, 0.3) is 0 Å².